The van der Waals surface area contributed by atoms with Crippen LogP contribution in [-0.2, 0) is 4.79 Å². The first-order valence-electron chi connectivity index (χ1n) is 5.53. The van der Waals surface area contributed by atoms with Gasteiger partial charge in [0.15, 0.2) is 0 Å². The van der Waals surface area contributed by atoms with Gasteiger partial charge in [-0.05, 0) is 34.9 Å². The van der Waals surface area contributed by atoms with E-state index in [0.29, 0.717) is 0 Å². The van der Waals surface area contributed by atoms with Crippen molar-refractivity contribution in [1.29, 1.82) is 0 Å². The fourth-order valence-electron chi connectivity index (χ4n) is 1.75. The summed E-state index contributed by atoms with van der Waals surface area (Å²) in [5.74, 6) is -0.276. The maximum Gasteiger partial charge on any atom is 0.241 e. The highest BCUT2D eigenvalue weighted by Gasteiger charge is 2.02. The molecule has 2 rings (SSSR count). The third-order valence-electron chi connectivity index (χ3n) is 2.55. The average Bonchev–Trinajstić information content (AvgIpc) is 2.36. The molecular weight excluding hydrogens is 226 g/mol. The van der Waals surface area contributed by atoms with E-state index in [4.69, 9.17) is 5.73 Å². The van der Waals surface area contributed by atoms with Gasteiger partial charge < -0.3 is 10.8 Å². The van der Waals surface area contributed by atoms with Gasteiger partial charge in [0.2, 0.25) is 5.91 Å². The summed E-state index contributed by atoms with van der Waals surface area (Å²) in [5.41, 5.74) is 7.79. The van der Waals surface area contributed by atoms with E-state index >= 15 is 0 Å². The molecule has 0 bridgehead atoms. The number of phenols is 1. The van der Waals surface area contributed by atoms with Crippen molar-refractivity contribution in [1.82, 2.24) is 0 Å². The number of carbonyl (C=O) groups excluding carboxylic acids is 1. The number of hydrogen-bond acceptors (Lipinski definition) is 2. The second-order valence-electron chi connectivity index (χ2n) is 3.87. The second kappa shape index (κ2) is 5.19. The van der Waals surface area contributed by atoms with Gasteiger partial charge in [-0.25, -0.2) is 0 Å². The molecule has 0 aliphatic heterocycles. The number of carbonyl (C=O) groups is 1. The molecule has 0 aliphatic carbocycles. The standard InChI is InChI=1S/C15H13NO2/c16-15(18)9-8-11-4-1-2-7-14(11)12-5-3-6-13(17)10-12/h1-10,17H,(H2,16,18)/b9-8+. The second-order valence-corrected chi connectivity index (χ2v) is 3.87. The van der Waals surface area contributed by atoms with Crippen LogP contribution in [0.25, 0.3) is 17.2 Å². The number of primary amides is 1. The Labute approximate surface area is 105 Å². The molecule has 0 aromatic heterocycles. The molecule has 1 amide bonds. The minimum atomic E-state index is -0.485. The van der Waals surface area contributed by atoms with E-state index in [2.05, 4.69) is 0 Å². The van der Waals surface area contributed by atoms with Crippen LogP contribution in [0.1, 0.15) is 5.56 Å². The third-order valence-corrected chi connectivity index (χ3v) is 2.55. The molecule has 0 heterocycles. The van der Waals surface area contributed by atoms with Gasteiger partial charge in [0.1, 0.15) is 5.75 Å². The normalized spacial score (nSPS) is 10.7. The fourth-order valence-corrected chi connectivity index (χ4v) is 1.75. The summed E-state index contributed by atoms with van der Waals surface area (Å²) in [4.78, 5) is 10.8. The zero-order chi connectivity index (χ0) is 13.0. The Morgan fingerprint density at radius 3 is 2.61 bits per heavy atom. The fraction of sp³-hybridized carbons (Fsp3) is 0. The van der Waals surface area contributed by atoms with Crippen molar-refractivity contribution in [3.8, 4) is 16.9 Å². The van der Waals surface area contributed by atoms with E-state index in [9.17, 15) is 9.90 Å². The minimum Gasteiger partial charge on any atom is -0.508 e. The lowest BCUT2D eigenvalue weighted by atomic mass is 9.99. The predicted molar refractivity (Wildman–Crippen MR) is 71.8 cm³/mol. The Balaban J connectivity index is 2.48. The number of aromatic hydroxyl groups is 1. The van der Waals surface area contributed by atoms with Gasteiger partial charge in [-0.2, -0.15) is 0 Å². The summed E-state index contributed by atoms with van der Waals surface area (Å²) in [6.07, 6.45) is 2.99. The van der Waals surface area contributed by atoms with E-state index in [1.807, 2.05) is 30.3 Å². The lowest BCUT2D eigenvalue weighted by Crippen LogP contribution is -2.05. The lowest BCUT2D eigenvalue weighted by Gasteiger charge is -2.06. The maximum absolute atomic E-state index is 10.8. The van der Waals surface area contributed by atoms with Crippen LogP contribution in [0.4, 0.5) is 0 Å². The molecule has 0 aliphatic rings. The first-order valence-corrected chi connectivity index (χ1v) is 5.53. The van der Waals surface area contributed by atoms with E-state index in [1.165, 1.54) is 6.08 Å². The SMILES string of the molecule is NC(=O)/C=C/c1ccccc1-c1cccc(O)c1. The predicted octanol–water partition coefficient (Wildman–Crippen LogP) is 2.56. The Kier molecular flexibility index (Phi) is 3.44. The highest BCUT2D eigenvalue weighted by Crippen LogP contribution is 2.27. The molecule has 3 nitrogen and oxygen atoms in total. The third kappa shape index (κ3) is 2.77. The largest absolute Gasteiger partial charge is 0.508 e. The molecular formula is C15H13NO2. The molecule has 3 N–H and O–H groups in total. The minimum absolute atomic E-state index is 0.209. The zero-order valence-electron chi connectivity index (χ0n) is 9.71. The summed E-state index contributed by atoms with van der Waals surface area (Å²) in [6, 6.07) is 14.6. The van der Waals surface area contributed by atoms with E-state index in [-0.39, 0.29) is 5.75 Å². The van der Waals surface area contributed by atoms with Crippen LogP contribution in [0.3, 0.4) is 0 Å². The van der Waals surface area contributed by atoms with Crippen LogP contribution in [0.2, 0.25) is 0 Å². The maximum atomic E-state index is 10.8. The number of hydrogen-bond donors (Lipinski definition) is 2. The van der Waals surface area contributed by atoms with Gasteiger partial charge in [0.05, 0.1) is 0 Å². The Morgan fingerprint density at radius 2 is 1.89 bits per heavy atom. The van der Waals surface area contributed by atoms with Crippen molar-refractivity contribution >= 4 is 12.0 Å². The van der Waals surface area contributed by atoms with Gasteiger partial charge in [-0.1, -0.05) is 36.4 Å². The lowest BCUT2D eigenvalue weighted by molar-refractivity contribution is -0.113. The van der Waals surface area contributed by atoms with Crippen molar-refractivity contribution in [2.75, 3.05) is 0 Å². The summed E-state index contributed by atoms with van der Waals surface area (Å²) in [5, 5.41) is 9.49. The van der Waals surface area contributed by atoms with E-state index < -0.39 is 5.91 Å². The van der Waals surface area contributed by atoms with Crippen LogP contribution < -0.4 is 5.73 Å². The zero-order valence-corrected chi connectivity index (χ0v) is 9.71. The van der Waals surface area contributed by atoms with Gasteiger partial charge in [-0.3, -0.25) is 4.79 Å². The van der Waals surface area contributed by atoms with Gasteiger partial charge in [0, 0.05) is 6.08 Å². The van der Waals surface area contributed by atoms with Crippen LogP contribution in [-0.4, -0.2) is 11.0 Å². The Morgan fingerprint density at radius 1 is 1.11 bits per heavy atom. The first-order chi connectivity index (χ1) is 8.66. The van der Waals surface area contributed by atoms with Crippen molar-refractivity contribution < 1.29 is 9.90 Å². The number of amides is 1. The summed E-state index contributed by atoms with van der Waals surface area (Å²) >= 11 is 0. The highest BCUT2D eigenvalue weighted by molar-refractivity contribution is 5.91. The monoisotopic (exact) mass is 239 g/mol. The van der Waals surface area contributed by atoms with Crippen LogP contribution in [0.15, 0.2) is 54.6 Å². The highest BCUT2D eigenvalue weighted by atomic mass is 16.3. The molecule has 0 saturated heterocycles. The number of phenolic OH excluding ortho intramolecular Hbond substituents is 1. The van der Waals surface area contributed by atoms with Crippen molar-refractivity contribution in [2.24, 2.45) is 5.73 Å². The smallest absolute Gasteiger partial charge is 0.241 e. The molecule has 90 valence electrons. The molecule has 0 unspecified atom stereocenters. The summed E-state index contributed by atoms with van der Waals surface area (Å²) in [6.45, 7) is 0. The van der Waals surface area contributed by atoms with Gasteiger partial charge in [-0.15, -0.1) is 0 Å². The number of nitrogens with two attached hydrogens (primary N) is 1. The van der Waals surface area contributed by atoms with E-state index in [1.54, 1.807) is 24.3 Å². The molecule has 0 fully saturated rings. The molecule has 0 spiro atoms. The number of rotatable bonds is 3. The quantitative estimate of drug-likeness (QED) is 0.808. The van der Waals surface area contributed by atoms with Crippen molar-refractivity contribution in [3.05, 3.63) is 60.2 Å². The molecule has 0 atom stereocenters. The van der Waals surface area contributed by atoms with Gasteiger partial charge >= 0.3 is 0 Å². The van der Waals surface area contributed by atoms with E-state index in [0.717, 1.165) is 16.7 Å². The molecule has 3 heteroatoms. The topological polar surface area (TPSA) is 63.3 Å². The van der Waals surface area contributed by atoms with Crippen LogP contribution in [0, 0.1) is 0 Å². The van der Waals surface area contributed by atoms with Crippen LogP contribution in [0.5, 0.6) is 5.75 Å². The summed E-state index contributed by atoms with van der Waals surface area (Å²) in [7, 11) is 0. The van der Waals surface area contributed by atoms with Gasteiger partial charge in [0.25, 0.3) is 0 Å². The Hall–Kier alpha value is -2.55. The van der Waals surface area contributed by atoms with Crippen molar-refractivity contribution in [3.63, 3.8) is 0 Å². The summed E-state index contributed by atoms with van der Waals surface area (Å²) < 4.78 is 0. The van der Waals surface area contributed by atoms with Crippen molar-refractivity contribution in [2.45, 2.75) is 0 Å². The molecule has 18 heavy (non-hydrogen) atoms. The molecule has 0 radical (unpaired) electrons. The number of benzene rings is 2. The molecule has 0 saturated carbocycles. The van der Waals surface area contributed by atoms with Crippen LogP contribution >= 0.6 is 0 Å². The molecule has 2 aromatic carbocycles. The Bertz CT molecular complexity index is 603. The first kappa shape index (κ1) is 11.9. The molecule has 2 aromatic rings. The average molecular weight is 239 g/mol.